The van der Waals surface area contributed by atoms with Crippen LogP contribution in [0.15, 0.2) is 36.4 Å². The molecule has 0 spiro atoms. The maximum Gasteiger partial charge on any atom is 0.271 e. The normalized spacial score (nSPS) is 16.9. The van der Waals surface area contributed by atoms with E-state index in [0.29, 0.717) is 0 Å². The van der Waals surface area contributed by atoms with Crippen molar-refractivity contribution in [2.75, 3.05) is 7.05 Å². The SMILES string of the molecule is CNC(=O)c1[nH]c(C(=O)NC2CC(F)(F)C2)cc1OC(C)c1ccccc1. The second kappa shape index (κ2) is 7.38. The van der Waals surface area contributed by atoms with Crippen LogP contribution in [0.2, 0.25) is 0 Å². The third-order valence-electron chi connectivity index (χ3n) is 4.48. The van der Waals surface area contributed by atoms with Crippen LogP contribution in [0, 0.1) is 0 Å². The van der Waals surface area contributed by atoms with E-state index in [-0.39, 0.29) is 36.1 Å². The molecule has 8 heteroatoms. The molecule has 1 heterocycles. The zero-order valence-electron chi connectivity index (χ0n) is 15.0. The monoisotopic (exact) mass is 377 g/mol. The van der Waals surface area contributed by atoms with Gasteiger partial charge in [0.15, 0.2) is 5.75 Å². The number of alkyl halides is 2. The van der Waals surface area contributed by atoms with Gasteiger partial charge >= 0.3 is 0 Å². The van der Waals surface area contributed by atoms with E-state index in [1.165, 1.54) is 13.1 Å². The number of amides is 2. The van der Waals surface area contributed by atoms with Crippen molar-refractivity contribution in [3.8, 4) is 5.75 Å². The highest BCUT2D eigenvalue weighted by molar-refractivity contribution is 5.99. The van der Waals surface area contributed by atoms with E-state index in [1.807, 2.05) is 37.3 Å². The third kappa shape index (κ3) is 4.27. The number of hydrogen-bond acceptors (Lipinski definition) is 3. The van der Waals surface area contributed by atoms with Gasteiger partial charge in [0.2, 0.25) is 0 Å². The van der Waals surface area contributed by atoms with E-state index in [4.69, 9.17) is 4.74 Å². The highest BCUT2D eigenvalue weighted by Crippen LogP contribution is 2.37. The molecule has 0 aliphatic heterocycles. The Morgan fingerprint density at radius 2 is 1.89 bits per heavy atom. The molecule has 144 valence electrons. The molecule has 0 saturated heterocycles. The van der Waals surface area contributed by atoms with Crippen molar-refractivity contribution in [2.45, 2.75) is 37.8 Å². The van der Waals surface area contributed by atoms with Gasteiger partial charge in [-0.15, -0.1) is 0 Å². The first kappa shape index (κ1) is 18.9. The first-order chi connectivity index (χ1) is 12.8. The van der Waals surface area contributed by atoms with E-state index in [9.17, 15) is 18.4 Å². The number of aromatic amines is 1. The fourth-order valence-corrected chi connectivity index (χ4v) is 2.95. The molecule has 1 aromatic heterocycles. The highest BCUT2D eigenvalue weighted by Gasteiger charge is 2.46. The predicted octanol–water partition coefficient (Wildman–Crippen LogP) is 3.04. The zero-order chi connectivity index (χ0) is 19.6. The Balaban J connectivity index is 1.76. The van der Waals surface area contributed by atoms with Crippen molar-refractivity contribution in [1.82, 2.24) is 15.6 Å². The minimum Gasteiger partial charge on any atom is -0.484 e. The van der Waals surface area contributed by atoms with E-state index in [2.05, 4.69) is 15.6 Å². The summed E-state index contributed by atoms with van der Waals surface area (Å²) in [5.41, 5.74) is 1.09. The lowest BCUT2D eigenvalue weighted by Gasteiger charge is -2.35. The van der Waals surface area contributed by atoms with Gasteiger partial charge in [-0.1, -0.05) is 30.3 Å². The minimum absolute atomic E-state index is 0.0825. The van der Waals surface area contributed by atoms with E-state index < -0.39 is 23.8 Å². The molecule has 1 aliphatic carbocycles. The summed E-state index contributed by atoms with van der Waals surface area (Å²) in [7, 11) is 1.46. The molecule has 27 heavy (non-hydrogen) atoms. The molecule has 0 radical (unpaired) electrons. The molecular weight excluding hydrogens is 356 g/mol. The Bertz CT molecular complexity index is 828. The quantitative estimate of drug-likeness (QED) is 0.724. The summed E-state index contributed by atoms with van der Waals surface area (Å²) >= 11 is 0. The molecule has 6 nitrogen and oxygen atoms in total. The Kier molecular flexibility index (Phi) is 5.16. The van der Waals surface area contributed by atoms with Gasteiger partial charge in [-0.3, -0.25) is 9.59 Å². The average Bonchev–Trinajstić information content (AvgIpc) is 3.04. The standard InChI is InChI=1S/C19H21F2N3O3/c1-11(12-6-4-3-5-7-12)27-15-8-14(24-16(15)18(26)22-2)17(25)23-13-9-19(20,21)10-13/h3-8,11,13,24H,9-10H2,1-2H3,(H,22,26)(H,23,25). The van der Waals surface area contributed by atoms with Gasteiger partial charge in [-0.2, -0.15) is 0 Å². The topological polar surface area (TPSA) is 83.2 Å². The molecule has 0 bridgehead atoms. The first-order valence-electron chi connectivity index (χ1n) is 8.64. The summed E-state index contributed by atoms with van der Waals surface area (Å²) in [5, 5.41) is 5.01. The Morgan fingerprint density at radius 3 is 2.48 bits per heavy atom. The summed E-state index contributed by atoms with van der Waals surface area (Å²) in [4.78, 5) is 27.2. The summed E-state index contributed by atoms with van der Waals surface area (Å²) in [6, 6.07) is 10.2. The van der Waals surface area contributed by atoms with Crippen molar-refractivity contribution < 1.29 is 23.1 Å². The number of nitrogens with one attached hydrogen (secondary N) is 3. The molecule has 3 N–H and O–H groups in total. The average molecular weight is 377 g/mol. The van der Waals surface area contributed by atoms with Crippen molar-refractivity contribution in [3.63, 3.8) is 0 Å². The molecule has 2 amide bonds. The number of H-pyrrole nitrogens is 1. The highest BCUT2D eigenvalue weighted by atomic mass is 19.3. The summed E-state index contributed by atoms with van der Waals surface area (Å²) in [5.74, 6) is -3.50. The van der Waals surface area contributed by atoms with E-state index in [1.54, 1.807) is 0 Å². The number of carbonyl (C=O) groups excluding carboxylic acids is 2. The van der Waals surface area contributed by atoms with Gasteiger partial charge in [0.05, 0.1) is 0 Å². The Labute approximate surface area is 155 Å². The fraction of sp³-hybridized carbons (Fsp3) is 0.368. The second-order valence-electron chi connectivity index (χ2n) is 6.61. The van der Waals surface area contributed by atoms with Gasteiger partial charge in [-0.25, -0.2) is 8.78 Å². The van der Waals surface area contributed by atoms with Crippen LogP contribution in [-0.4, -0.2) is 35.8 Å². The predicted molar refractivity (Wildman–Crippen MR) is 95.1 cm³/mol. The lowest BCUT2D eigenvalue weighted by Crippen LogP contribution is -2.50. The van der Waals surface area contributed by atoms with E-state index in [0.717, 1.165) is 5.56 Å². The van der Waals surface area contributed by atoms with Crippen LogP contribution in [0.3, 0.4) is 0 Å². The Hall–Kier alpha value is -2.90. The minimum atomic E-state index is -2.72. The van der Waals surface area contributed by atoms with Gasteiger partial charge in [0.1, 0.15) is 17.5 Å². The van der Waals surface area contributed by atoms with Gasteiger partial charge < -0.3 is 20.4 Å². The lowest BCUT2D eigenvalue weighted by molar-refractivity contribution is -0.0901. The smallest absolute Gasteiger partial charge is 0.271 e. The van der Waals surface area contributed by atoms with Crippen molar-refractivity contribution in [3.05, 3.63) is 53.3 Å². The number of halogens is 2. The second-order valence-corrected chi connectivity index (χ2v) is 6.61. The Morgan fingerprint density at radius 1 is 1.22 bits per heavy atom. The lowest BCUT2D eigenvalue weighted by atomic mass is 9.88. The van der Waals surface area contributed by atoms with E-state index >= 15 is 0 Å². The van der Waals surface area contributed by atoms with Crippen molar-refractivity contribution in [1.29, 1.82) is 0 Å². The molecular formula is C19H21F2N3O3. The molecule has 1 aliphatic rings. The van der Waals surface area contributed by atoms with Crippen molar-refractivity contribution in [2.24, 2.45) is 0 Å². The van der Waals surface area contributed by atoms with Crippen LogP contribution in [0.1, 0.15) is 52.4 Å². The van der Waals surface area contributed by atoms with Crippen LogP contribution >= 0.6 is 0 Å². The van der Waals surface area contributed by atoms with Crippen LogP contribution in [0.4, 0.5) is 8.78 Å². The van der Waals surface area contributed by atoms with Crippen LogP contribution in [-0.2, 0) is 0 Å². The molecule has 1 unspecified atom stereocenters. The summed E-state index contributed by atoms with van der Waals surface area (Å²) < 4.78 is 31.7. The number of hydrogen-bond donors (Lipinski definition) is 3. The van der Waals surface area contributed by atoms with Gasteiger partial charge in [0, 0.05) is 32.0 Å². The molecule has 1 aromatic carbocycles. The molecule has 1 saturated carbocycles. The number of carbonyl (C=O) groups is 2. The number of ether oxygens (including phenoxy) is 1. The number of rotatable bonds is 6. The zero-order valence-corrected chi connectivity index (χ0v) is 15.0. The third-order valence-corrected chi connectivity index (χ3v) is 4.48. The van der Waals surface area contributed by atoms with Crippen LogP contribution in [0.5, 0.6) is 5.75 Å². The molecule has 3 rings (SSSR count). The number of aromatic nitrogens is 1. The first-order valence-corrected chi connectivity index (χ1v) is 8.64. The molecule has 1 atom stereocenters. The van der Waals surface area contributed by atoms with Gasteiger partial charge in [0.25, 0.3) is 17.7 Å². The van der Waals surface area contributed by atoms with Crippen molar-refractivity contribution >= 4 is 11.8 Å². The largest absolute Gasteiger partial charge is 0.484 e. The summed E-state index contributed by atoms with van der Waals surface area (Å²) in [6.45, 7) is 1.83. The summed E-state index contributed by atoms with van der Waals surface area (Å²) in [6.07, 6.45) is -1.11. The maximum absolute atomic E-state index is 12.9. The molecule has 1 fully saturated rings. The van der Waals surface area contributed by atoms with Gasteiger partial charge in [-0.05, 0) is 12.5 Å². The maximum atomic E-state index is 12.9. The van der Waals surface area contributed by atoms with Crippen LogP contribution in [0.25, 0.3) is 0 Å². The van der Waals surface area contributed by atoms with Crippen LogP contribution < -0.4 is 15.4 Å². The fourth-order valence-electron chi connectivity index (χ4n) is 2.95. The number of benzene rings is 1. The molecule has 2 aromatic rings.